The minimum Gasteiger partial charge on any atom is -0.324 e. The SMILES string of the molecule is [B]c1nc(NC(=O)N2CCC(N(C)CC(F)F)CC2)cc2cc(-c3nnc(C)s3)ccc12. The van der Waals surface area contributed by atoms with E-state index in [9.17, 15) is 13.6 Å². The number of urea groups is 1. The number of likely N-dealkylation sites (tertiary alicyclic amines) is 1. The predicted octanol–water partition coefficient (Wildman–Crippen LogP) is 3.05. The molecule has 32 heavy (non-hydrogen) atoms. The number of nitrogens with zero attached hydrogens (tertiary/aromatic N) is 5. The number of carbonyl (C=O) groups excluding carboxylic acids is 1. The molecule has 2 aromatic heterocycles. The van der Waals surface area contributed by atoms with Crippen LogP contribution in [-0.4, -0.2) is 78.0 Å². The average Bonchev–Trinajstić information content (AvgIpc) is 3.19. The standard InChI is InChI=1S/C21H23BF2N6OS/c1-12-27-28-20(32-12)13-3-4-16-14(9-13)10-18(25-19(16)22)26-21(31)30-7-5-15(6-8-30)29(2)11-17(23)24/h3-4,9-10,15,17H,5-8,11H2,1-2H3,(H,25,26,31). The van der Waals surface area contributed by atoms with Gasteiger partial charge in [-0.15, -0.1) is 10.2 Å². The van der Waals surface area contributed by atoms with E-state index in [4.69, 9.17) is 7.85 Å². The van der Waals surface area contributed by atoms with Crippen LogP contribution in [0, 0.1) is 6.92 Å². The Morgan fingerprint density at radius 1 is 1.31 bits per heavy atom. The normalized spacial score (nSPS) is 15.1. The molecule has 3 heterocycles. The van der Waals surface area contributed by atoms with Crippen molar-refractivity contribution >= 4 is 47.4 Å². The van der Waals surface area contributed by atoms with Gasteiger partial charge in [0.2, 0.25) is 0 Å². The lowest BCUT2D eigenvalue weighted by Gasteiger charge is -2.36. The van der Waals surface area contributed by atoms with Crippen LogP contribution < -0.4 is 10.9 Å². The molecule has 1 N–H and O–H groups in total. The van der Waals surface area contributed by atoms with Gasteiger partial charge in [0.05, 0.1) is 6.54 Å². The van der Waals surface area contributed by atoms with Gasteiger partial charge in [0, 0.05) is 24.7 Å². The highest BCUT2D eigenvalue weighted by Gasteiger charge is 2.26. The van der Waals surface area contributed by atoms with E-state index in [1.807, 2.05) is 25.1 Å². The molecule has 1 fully saturated rings. The van der Waals surface area contributed by atoms with E-state index in [0.717, 1.165) is 26.4 Å². The largest absolute Gasteiger partial charge is 0.324 e. The molecule has 7 nitrogen and oxygen atoms in total. The fourth-order valence-corrected chi connectivity index (χ4v) is 4.65. The van der Waals surface area contributed by atoms with Gasteiger partial charge in [-0.25, -0.2) is 18.6 Å². The fourth-order valence-electron chi connectivity index (χ4n) is 3.96. The van der Waals surface area contributed by atoms with Crippen LogP contribution in [0.2, 0.25) is 0 Å². The van der Waals surface area contributed by atoms with Gasteiger partial charge in [-0.3, -0.25) is 10.2 Å². The van der Waals surface area contributed by atoms with Crippen molar-refractivity contribution in [1.82, 2.24) is 25.0 Å². The molecule has 0 spiro atoms. The molecule has 1 saturated heterocycles. The Kier molecular flexibility index (Phi) is 6.66. The van der Waals surface area contributed by atoms with E-state index in [1.54, 1.807) is 22.9 Å². The fraction of sp³-hybridized carbons (Fsp3) is 0.429. The van der Waals surface area contributed by atoms with E-state index in [1.165, 1.54) is 11.3 Å². The molecule has 0 bridgehead atoms. The molecule has 1 aromatic carbocycles. The molecule has 166 valence electrons. The Hall–Kier alpha value is -2.66. The van der Waals surface area contributed by atoms with Crippen LogP contribution in [0.25, 0.3) is 21.3 Å². The second-order valence-corrected chi connectivity index (χ2v) is 9.12. The third-order valence-electron chi connectivity index (χ3n) is 5.67. The van der Waals surface area contributed by atoms with Crippen LogP contribution in [0.3, 0.4) is 0 Å². The van der Waals surface area contributed by atoms with Crippen molar-refractivity contribution in [3.8, 4) is 10.6 Å². The first-order valence-corrected chi connectivity index (χ1v) is 11.2. The first-order valence-electron chi connectivity index (χ1n) is 10.3. The van der Waals surface area contributed by atoms with Crippen LogP contribution in [-0.2, 0) is 0 Å². The van der Waals surface area contributed by atoms with Crippen LogP contribution in [0.1, 0.15) is 17.8 Å². The number of pyridine rings is 1. The number of amides is 2. The van der Waals surface area contributed by atoms with E-state index in [0.29, 0.717) is 37.3 Å². The first kappa shape index (κ1) is 22.5. The van der Waals surface area contributed by atoms with Crippen molar-refractivity contribution < 1.29 is 13.6 Å². The lowest BCUT2D eigenvalue weighted by Crippen LogP contribution is -2.47. The van der Waals surface area contributed by atoms with Gasteiger partial charge in [0.25, 0.3) is 6.43 Å². The Morgan fingerprint density at radius 3 is 2.72 bits per heavy atom. The number of nitrogens with one attached hydrogen (secondary N) is 1. The summed E-state index contributed by atoms with van der Waals surface area (Å²) in [6.07, 6.45) is -1.06. The zero-order valence-corrected chi connectivity index (χ0v) is 18.7. The number of aromatic nitrogens is 3. The number of anilines is 1. The molecule has 2 radical (unpaired) electrons. The highest BCUT2D eigenvalue weighted by molar-refractivity contribution is 7.14. The number of hydrogen-bond acceptors (Lipinski definition) is 6. The molecule has 1 aliphatic heterocycles. The topological polar surface area (TPSA) is 74.2 Å². The molecule has 11 heteroatoms. The molecule has 0 aliphatic carbocycles. The molecule has 0 unspecified atom stereocenters. The average molecular weight is 456 g/mol. The van der Waals surface area contributed by atoms with Crippen LogP contribution >= 0.6 is 11.3 Å². The number of rotatable bonds is 5. The molecular weight excluding hydrogens is 433 g/mol. The summed E-state index contributed by atoms with van der Waals surface area (Å²) in [6.45, 7) is 2.63. The first-order chi connectivity index (χ1) is 15.3. The van der Waals surface area contributed by atoms with Crippen molar-refractivity contribution in [2.45, 2.75) is 32.2 Å². The third kappa shape index (κ3) is 5.04. The molecular formula is C21H23BF2N6OS. The summed E-state index contributed by atoms with van der Waals surface area (Å²) >= 11 is 1.50. The molecule has 0 saturated carbocycles. The number of piperidine rings is 1. The van der Waals surface area contributed by atoms with Crippen LogP contribution in [0.5, 0.6) is 0 Å². The number of carbonyl (C=O) groups is 1. The van der Waals surface area contributed by atoms with Gasteiger partial charge in [-0.2, -0.15) is 0 Å². The summed E-state index contributed by atoms with van der Waals surface area (Å²) < 4.78 is 25.2. The second-order valence-electron chi connectivity index (χ2n) is 7.93. The summed E-state index contributed by atoms with van der Waals surface area (Å²) in [6, 6.07) is 7.31. The van der Waals surface area contributed by atoms with Crippen LogP contribution in [0.15, 0.2) is 24.3 Å². The van der Waals surface area contributed by atoms with Crippen LogP contribution in [0.4, 0.5) is 19.4 Å². The summed E-state index contributed by atoms with van der Waals surface area (Å²) in [5, 5.41) is 14.4. The van der Waals surface area contributed by atoms with Crippen molar-refractivity contribution in [1.29, 1.82) is 0 Å². The maximum Gasteiger partial charge on any atom is 0.323 e. The van der Waals surface area contributed by atoms with E-state index in [-0.39, 0.29) is 18.6 Å². The number of fused-ring (bicyclic) bond motifs is 1. The minimum atomic E-state index is -2.36. The number of aryl methyl sites for hydroxylation is 1. The lowest BCUT2D eigenvalue weighted by molar-refractivity contribution is 0.0628. The predicted molar refractivity (Wildman–Crippen MR) is 123 cm³/mol. The summed E-state index contributed by atoms with van der Waals surface area (Å²) in [5.74, 6) is 0.363. The van der Waals surface area contributed by atoms with Crippen molar-refractivity contribution in [2.75, 3.05) is 32.0 Å². The zero-order chi connectivity index (χ0) is 22.8. The van der Waals surface area contributed by atoms with E-state index in [2.05, 4.69) is 20.5 Å². The van der Waals surface area contributed by atoms with Gasteiger partial charge in [-0.05, 0) is 55.3 Å². The van der Waals surface area contributed by atoms with Crippen molar-refractivity contribution in [3.63, 3.8) is 0 Å². The highest BCUT2D eigenvalue weighted by atomic mass is 32.1. The van der Waals surface area contributed by atoms with Crippen molar-refractivity contribution in [3.05, 3.63) is 29.3 Å². The summed E-state index contributed by atoms with van der Waals surface area (Å²) in [4.78, 5) is 20.4. The Labute approximate surface area is 190 Å². The lowest BCUT2D eigenvalue weighted by atomic mass is 9.95. The van der Waals surface area contributed by atoms with Gasteiger partial charge in [-0.1, -0.05) is 23.5 Å². The van der Waals surface area contributed by atoms with Gasteiger partial charge in [0.1, 0.15) is 23.7 Å². The highest BCUT2D eigenvalue weighted by Crippen LogP contribution is 2.27. The Morgan fingerprint density at radius 2 is 2.06 bits per heavy atom. The maximum absolute atomic E-state index is 12.7. The second kappa shape index (κ2) is 9.46. The van der Waals surface area contributed by atoms with E-state index >= 15 is 0 Å². The third-order valence-corrected chi connectivity index (χ3v) is 6.56. The number of halogens is 2. The van der Waals surface area contributed by atoms with Gasteiger partial charge < -0.3 is 4.90 Å². The maximum atomic E-state index is 12.7. The monoisotopic (exact) mass is 456 g/mol. The molecule has 3 aromatic rings. The zero-order valence-electron chi connectivity index (χ0n) is 17.9. The minimum absolute atomic E-state index is 0.0462. The quantitative estimate of drug-likeness (QED) is 0.598. The Bertz CT molecular complexity index is 1120. The molecule has 4 rings (SSSR count). The molecule has 1 aliphatic rings. The van der Waals surface area contributed by atoms with Gasteiger partial charge >= 0.3 is 6.03 Å². The summed E-state index contributed by atoms with van der Waals surface area (Å²) in [5.41, 5.74) is 1.24. The number of benzene rings is 1. The number of alkyl halides is 2. The van der Waals surface area contributed by atoms with Crippen molar-refractivity contribution in [2.24, 2.45) is 0 Å². The summed E-state index contributed by atoms with van der Waals surface area (Å²) in [7, 11) is 7.83. The number of hydrogen-bond donors (Lipinski definition) is 1. The van der Waals surface area contributed by atoms with E-state index < -0.39 is 6.43 Å². The smallest absolute Gasteiger partial charge is 0.323 e. The molecule has 2 amide bonds. The molecule has 0 atom stereocenters. The van der Waals surface area contributed by atoms with Gasteiger partial charge in [0.15, 0.2) is 0 Å². The Balaban J connectivity index is 1.45.